The molecular weight excluding hydrogens is 286 g/mol. The van der Waals surface area contributed by atoms with Crippen LogP contribution in [-0.4, -0.2) is 16.5 Å². The summed E-state index contributed by atoms with van der Waals surface area (Å²) in [6, 6.07) is 9.52. The summed E-state index contributed by atoms with van der Waals surface area (Å²) in [5.74, 6) is 0.781. The van der Waals surface area contributed by atoms with Crippen LogP contribution in [0.15, 0.2) is 30.3 Å². The van der Waals surface area contributed by atoms with Crippen molar-refractivity contribution in [1.29, 1.82) is 0 Å². The van der Waals surface area contributed by atoms with Crippen molar-refractivity contribution >= 4 is 46.0 Å². The Morgan fingerprint density at radius 3 is 2.89 bits per heavy atom. The van der Waals surface area contributed by atoms with Gasteiger partial charge in [0, 0.05) is 11.4 Å². The van der Waals surface area contributed by atoms with Crippen LogP contribution < -0.4 is 11.1 Å². The van der Waals surface area contributed by atoms with Crippen molar-refractivity contribution in [3.05, 3.63) is 45.2 Å². The summed E-state index contributed by atoms with van der Waals surface area (Å²) < 4.78 is 0.818. The lowest BCUT2D eigenvalue weighted by Gasteiger charge is -2.05. The number of aromatic nitrogens is 1. The Morgan fingerprint density at radius 2 is 2.22 bits per heavy atom. The lowest BCUT2D eigenvalue weighted by Crippen LogP contribution is -2.13. The van der Waals surface area contributed by atoms with Crippen molar-refractivity contribution in [3.63, 3.8) is 0 Å². The maximum atomic E-state index is 5.87. The van der Waals surface area contributed by atoms with E-state index in [4.69, 9.17) is 29.6 Å². The molecule has 94 valence electrons. The van der Waals surface area contributed by atoms with Gasteiger partial charge in [-0.05, 0) is 30.7 Å². The van der Waals surface area contributed by atoms with Crippen LogP contribution in [0.4, 0.5) is 5.82 Å². The summed E-state index contributed by atoms with van der Waals surface area (Å²) in [6.45, 7) is 0.796. The van der Waals surface area contributed by atoms with Crippen LogP contribution in [0.25, 0.3) is 0 Å². The van der Waals surface area contributed by atoms with Crippen LogP contribution in [0, 0.1) is 0 Å². The SMILES string of the molecule is NC(=S)c1cccc(NCCc2ccc(Cl)s2)n1. The number of pyridine rings is 1. The van der Waals surface area contributed by atoms with E-state index in [1.807, 2.05) is 24.3 Å². The molecule has 0 spiro atoms. The van der Waals surface area contributed by atoms with Gasteiger partial charge in [-0.15, -0.1) is 11.3 Å². The first-order valence-electron chi connectivity index (χ1n) is 5.40. The molecule has 0 atom stereocenters. The van der Waals surface area contributed by atoms with Gasteiger partial charge in [0.25, 0.3) is 0 Å². The summed E-state index contributed by atoms with van der Waals surface area (Å²) in [4.78, 5) is 5.87. The standard InChI is InChI=1S/C12H12ClN3S2/c13-10-5-4-8(18-10)6-7-15-11-3-1-2-9(16-11)12(14)17/h1-5H,6-7H2,(H2,14,17)(H,15,16). The molecule has 0 unspecified atom stereocenters. The summed E-state index contributed by atoms with van der Waals surface area (Å²) in [6.07, 6.45) is 0.913. The van der Waals surface area contributed by atoms with E-state index in [1.165, 1.54) is 4.88 Å². The first kappa shape index (κ1) is 13.3. The molecule has 0 aliphatic heterocycles. The normalized spacial score (nSPS) is 10.3. The first-order valence-corrected chi connectivity index (χ1v) is 7.00. The van der Waals surface area contributed by atoms with Gasteiger partial charge >= 0.3 is 0 Å². The second kappa shape index (κ2) is 6.13. The van der Waals surface area contributed by atoms with Crippen molar-refractivity contribution < 1.29 is 0 Å². The Kier molecular flexibility index (Phi) is 4.52. The zero-order chi connectivity index (χ0) is 13.0. The number of hydrogen-bond acceptors (Lipinski definition) is 4. The third-order valence-electron chi connectivity index (χ3n) is 2.31. The molecule has 0 fully saturated rings. The minimum Gasteiger partial charge on any atom is -0.388 e. The zero-order valence-electron chi connectivity index (χ0n) is 9.52. The fourth-order valence-electron chi connectivity index (χ4n) is 1.47. The number of nitrogens with one attached hydrogen (secondary N) is 1. The van der Waals surface area contributed by atoms with Gasteiger partial charge in [-0.1, -0.05) is 29.9 Å². The van der Waals surface area contributed by atoms with Gasteiger partial charge in [-0.25, -0.2) is 4.98 Å². The summed E-state index contributed by atoms with van der Waals surface area (Å²) in [5.41, 5.74) is 6.17. The highest BCUT2D eigenvalue weighted by Gasteiger charge is 2.01. The molecule has 0 aliphatic carbocycles. The molecule has 2 heterocycles. The average Bonchev–Trinajstić information content (AvgIpc) is 2.75. The molecule has 18 heavy (non-hydrogen) atoms. The average molecular weight is 298 g/mol. The van der Waals surface area contributed by atoms with Crippen molar-refractivity contribution in [2.45, 2.75) is 6.42 Å². The quantitative estimate of drug-likeness (QED) is 0.833. The monoisotopic (exact) mass is 297 g/mol. The number of rotatable bonds is 5. The molecule has 2 aromatic rings. The third kappa shape index (κ3) is 3.66. The molecule has 2 rings (SSSR count). The fraction of sp³-hybridized carbons (Fsp3) is 0.167. The van der Waals surface area contributed by atoms with Crippen LogP contribution in [0.3, 0.4) is 0 Å². The fourth-order valence-corrected chi connectivity index (χ4v) is 2.67. The summed E-state index contributed by atoms with van der Waals surface area (Å²) in [7, 11) is 0. The number of nitrogens with two attached hydrogens (primary N) is 1. The van der Waals surface area contributed by atoms with Gasteiger partial charge in [0.1, 0.15) is 10.8 Å². The van der Waals surface area contributed by atoms with E-state index in [1.54, 1.807) is 17.4 Å². The van der Waals surface area contributed by atoms with Gasteiger partial charge < -0.3 is 11.1 Å². The predicted molar refractivity (Wildman–Crippen MR) is 81.6 cm³/mol. The number of nitrogens with zero attached hydrogens (tertiary/aromatic N) is 1. The highest BCUT2D eigenvalue weighted by Crippen LogP contribution is 2.21. The summed E-state index contributed by atoms with van der Waals surface area (Å²) >= 11 is 12.4. The zero-order valence-corrected chi connectivity index (χ0v) is 11.9. The molecule has 6 heteroatoms. The molecule has 3 nitrogen and oxygen atoms in total. The Hall–Kier alpha value is -1.17. The van der Waals surface area contributed by atoms with Gasteiger partial charge in [-0.2, -0.15) is 0 Å². The van der Waals surface area contributed by atoms with Crippen LogP contribution in [0.5, 0.6) is 0 Å². The third-order valence-corrected chi connectivity index (χ3v) is 3.81. The van der Waals surface area contributed by atoms with E-state index in [0.717, 1.165) is 23.1 Å². The van der Waals surface area contributed by atoms with Crippen LogP contribution >= 0.6 is 35.2 Å². The molecule has 2 aromatic heterocycles. The van der Waals surface area contributed by atoms with Crippen LogP contribution in [-0.2, 0) is 6.42 Å². The number of hydrogen-bond donors (Lipinski definition) is 2. The van der Waals surface area contributed by atoms with E-state index in [9.17, 15) is 0 Å². The Morgan fingerprint density at radius 1 is 1.39 bits per heavy atom. The topological polar surface area (TPSA) is 50.9 Å². The van der Waals surface area contributed by atoms with Gasteiger partial charge in [0.15, 0.2) is 0 Å². The second-order valence-electron chi connectivity index (χ2n) is 3.65. The highest BCUT2D eigenvalue weighted by molar-refractivity contribution is 7.80. The molecule has 0 amide bonds. The van der Waals surface area contributed by atoms with E-state index < -0.39 is 0 Å². The molecular formula is C12H12ClN3S2. The molecule has 0 bridgehead atoms. The van der Waals surface area contributed by atoms with Crippen molar-refractivity contribution in [1.82, 2.24) is 4.98 Å². The van der Waals surface area contributed by atoms with Crippen LogP contribution in [0.2, 0.25) is 4.34 Å². The number of halogens is 1. The van der Waals surface area contributed by atoms with Crippen LogP contribution in [0.1, 0.15) is 10.6 Å². The van der Waals surface area contributed by atoms with E-state index in [0.29, 0.717) is 10.7 Å². The smallest absolute Gasteiger partial charge is 0.126 e. The van der Waals surface area contributed by atoms with E-state index in [2.05, 4.69) is 10.3 Å². The summed E-state index contributed by atoms with van der Waals surface area (Å²) in [5, 5.41) is 3.23. The minimum absolute atomic E-state index is 0.309. The van der Waals surface area contributed by atoms with Gasteiger partial charge in [0.05, 0.1) is 10.0 Å². The Bertz CT molecular complexity index is 554. The molecule has 0 saturated heterocycles. The van der Waals surface area contributed by atoms with E-state index >= 15 is 0 Å². The van der Waals surface area contributed by atoms with Gasteiger partial charge in [0.2, 0.25) is 0 Å². The maximum Gasteiger partial charge on any atom is 0.126 e. The first-order chi connectivity index (χ1) is 8.65. The largest absolute Gasteiger partial charge is 0.388 e. The number of thiophene rings is 1. The number of thiocarbonyl (C=S) groups is 1. The van der Waals surface area contributed by atoms with Crippen molar-refractivity contribution in [2.75, 3.05) is 11.9 Å². The molecule has 0 aromatic carbocycles. The van der Waals surface area contributed by atoms with Crippen molar-refractivity contribution in [3.8, 4) is 0 Å². The lowest BCUT2D eigenvalue weighted by molar-refractivity contribution is 1.03. The predicted octanol–water partition coefficient (Wildman–Crippen LogP) is 3.09. The van der Waals surface area contributed by atoms with E-state index in [-0.39, 0.29) is 0 Å². The minimum atomic E-state index is 0.309. The number of anilines is 1. The Balaban J connectivity index is 1.90. The highest BCUT2D eigenvalue weighted by atomic mass is 35.5. The molecule has 0 radical (unpaired) electrons. The van der Waals surface area contributed by atoms with Gasteiger partial charge in [-0.3, -0.25) is 0 Å². The Labute approximate surface area is 120 Å². The lowest BCUT2D eigenvalue weighted by atomic mass is 10.3. The molecule has 0 saturated carbocycles. The molecule has 3 N–H and O–H groups in total. The molecule has 0 aliphatic rings. The maximum absolute atomic E-state index is 5.87. The van der Waals surface area contributed by atoms with Crippen molar-refractivity contribution in [2.24, 2.45) is 5.73 Å². The second-order valence-corrected chi connectivity index (χ2v) is 5.89.